The summed E-state index contributed by atoms with van der Waals surface area (Å²) in [5, 5.41) is 6.98. The van der Waals surface area contributed by atoms with Crippen LogP contribution < -0.4 is 10.6 Å². The number of piperidine rings is 1. The SMILES string of the molecule is CCCNC1CCNCC1C. The maximum absolute atomic E-state index is 3.58. The molecule has 0 bridgehead atoms. The Morgan fingerprint density at radius 1 is 1.55 bits per heavy atom. The zero-order chi connectivity index (χ0) is 8.10. The second-order valence-corrected chi connectivity index (χ2v) is 3.53. The quantitative estimate of drug-likeness (QED) is 0.636. The molecule has 1 heterocycles. The molecule has 66 valence electrons. The summed E-state index contributed by atoms with van der Waals surface area (Å²) in [4.78, 5) is 0. The lowest BCUT2D eigenvalue weighted by molar-refractivity contribution is 0.297. The highest BCUT2D eigenvalue weighted by Gasteiger charge is 2.19. The molecule has 2 heteroatoms. The summed E-state index contributed by atoms with van der Waals surface area (Å²) in [7, 11) is 0. The van der Waals surface area contributed by atoms with Crippen molar-refractivity contribution < 1.29 is 0 Å². The Labute approximate surface area is 69.8 Å². The average molecular weight is 156 g/mol. The van der Waals surface area contributed by atoms with Crippen LogP contribution in [0.15, 0.2) is 0 Å². The van der Waals surface area contributed by atoms with Gasteiger partial charge < -0.3 is 10.6 Å². The molecule has 2 atom stereocenters. The van der Waals surface area contributed by atoms with Gasteiger partial charge in [0.15, 0.2) is 0 Å². The van der Waals surface area contributed by atoms with Gasteiger partial charge in [-0.25, -0.2) is 0 Å². The van der Waals surface area contributed by atoms with Gasteiger partial charge in [-0.1, -0.05) is 13.8 Å². The van der Waals surface area contributed by atoms with Crippen molar-refractivity contribution in [3.63, 3.8) is 0 Å². The van der Waals surface area contributed by atoms with Crippen molar-refractivity contribution in [2.75, 3.05) is 19.6 Å². The molecule has 1 aliphatic heterocycles. The molecule has 0 aromatic rings. The second kappa shape index (κ2) is 4.73. The third kappa shape index (κ3) is 2.80. The molecule has 2 nitrogen and oxygen atoms in total. The van der Waals surface area contributed by atoms with E-state index in [0.717, 1.165) is 12.0 Å². The standard InChI is InChI=1S/C9H20N2/c1-3-5-11-9-4-6-10-7-8(9)2/h8-11H,3-7H2,1-2H3. The highest BCUT2D eigenvalue weighted by atomic mass is 15.0. The first-order valence-corrected chi connectivity index (χ1v) is 4.78. The predicted molar refractivity (Wildman–Crippen MR) is 48.7 cm³/mol. The molecule has 1 saturated heterocycles. The van der Waals surface area contributed by atoms with E-state index < -0.39 is 0 Å². The van der Waals surface area contributed by atoms with E-state index in [-0.39, 0.29) is 0 Å². The molecule has 2 N–H and O–H groups in total. The van der Waals surface area contributed by atoms with Crippen LogP contribution >= 0.6 is 0 Å². The minimum atomic E-state index is 0.760. The molecule has 0 radical (unpaired) electrons. The van der Waals surface area contributed by atoms with Crippen LogP contribution in [0.1, 0.15) is 26.7 Å². The summed E-state index contributed by atoms with van der Waals surface area (Å²) in [5.74, 6) is 0.801. The molecule has 0 amide bonds. The van der Waals surface area contributed by atoms with Gasteiger partial charge in [0.05, 0.1) is 0 Å². The summed E-state index contributed by atoms with van der Waals surface area (Å²) in [6.45, 7) is 8.08. The molecule has 0 aromatic carbocycles. The Morgan fingerprint density at radius 2 is 2.36 bits per heavy atom. The summed E-state index contributed by atoms with van der Waals surface area (Å²) in [5.41, 5.74) is 0. The van der Waals surface area contributed by atoms with Crippen molar-refractivity contribution in [2.45, 2.75) is 32.7 Å². The first-order valence-electron chi connectivity index (χ1n) is 4.78. The second-order valence-electron chi connectivity index (χ2n) is 3.53. The predicted octanol–water partition coefficient (Wildman–Crippen LogP) is 0.984. The van der Waals surface area contributed by atoms with Crippen LogP contribution in [0.4, 0.5) is 0 Å². The molecule has 0 spiro atoms. The van der Waals surface area contributed by atoms with Crippen LogP contribution in [-0.2, 0) is 0 Å². The van der Waals surface area contributed by atoms with Gasteiger partial charge in [0, 0.05) is 6.04 Å². The fourth-order valence-electron chi connectivity index (χ4n) is 1.65. The van der Waals surface area contributed by atoms with E-state index in [2.05, 4.69) is 24.5 Å². The normalized spacial score (nSPS) is 32.2. The molecular weight excluding hydrogens is 136 g/mol. The Kier molecular flexibility index (Phi) is 3.87. The van der Waals surface area contributed by atoms with Crippen molar-refractivity contribution in [1.29, 1.82) is 0 Å². The zero-order valence-electron chi connectivity index (χ0n) is 7.69. The molecule has 11 heavy (non-hydrogen) atoms. The maximum atomic E-state index is 3.58. The summed E-state index contributed by atoms with van der Waals surface area (Å²) in [6.07, 6.45) is 2.54. The lowest BCUT2D eigenvalue weighted by atomic mass is 9.95. The molecule has 1 aliphatic rings. The van der Waals surface area contributed by atoms with Gasteiger partial charge in [0.2, 0.25) is 0 Å². The summed E-state index contributed by atoms with van der Waals surface area (Å²) >= 11 is 0. The van der Waals surface area contributed by atoms with Crippen LogP contribution in [0.2, 0.25) is 0 Å². The smallest absolute Gasteiger partial charge is 0.0117 e. The van der Waals surface area contributed by atoms with E-state index in [1.807, 2.05) is 0 Å². The molecule has 1 rings (SSSR count). The van der Waals surface area contributed by atoms with E-state index in [1.165, 1.54) is 32.5 Å². The van der Waals surface area contributed by atoms with Crippen molar-refractivity contribution in [3.8, 4) is 0 Å². The molecule has 0 aromatic heterocycles. The number of nitrogens with one attached hydrogen (secondary N) is 2. The van der Waals surface area contributed by atoms with Gasteiger partial charge in [-0.15, -0.1) is 0 Å². The van der Waals surface area contributed by atoms with Gasteiger partial charge >= 0.3 is 0 Å². The Bertz CT molecular complexity index is 104. The first-order chi connectivity index (χ1) is 5.34. The Balaban J connectivity index is 2.18. The molecular formula is C9H20N2. The van der Waals surface area contributed by atoms with E-state index >= 15 is 0 Å². The van der Waals surface area contributed by atoms with Crippen molar-refractivity contribution in [3.05, 3.63) is 0 Å². The summed E-state index contributed by atoms with van der Waals surface area (Å²) in [6, 6.07) is 0.760. The minimum absolute atomic E-state index is 0.760. The fourth-order valence-corrected chi connectivity index (χ4v) is 1.65. The lowest BCUT2D eigenvalue weighted by Crippen LogP contribution is -2.46. The van der Waals surface area contributed by atoms with Crippen molar-refractivity contribution in [1.82, 2.24) is 10.6 Å². The first kappa shape index (κ1) is 9.01. The summed E-state index contributed by atoms with van der Waals surface area (Å²) < 4.78 is 0. The maximum Gasteiger partial charge on any atom is 0.0117 e. The Hall–Kier alpha value is -0.0800. The van der Waals surface area contributed by atoms with Gasteiger partial charge in [-0.05, 0) is 38.4 Å². The third-order valence-corrected chi connectivity index (χ3v) is 2.44. The highest BCUT2D eigenvalue weighted by molar-refractivity contribution is 4.79. The van der Waals surface area contributed by atoms with Crippen LogP contribution in [0.5, 0.6) is 0 Å². The average Bonchev–Trinajstić information content (AvgIpc) is 2.03. The van der Waals surface area contributed by atoms with Crippen LogP contribution in [0.3, 0.4) is 0 Å². The van der Waals surface area contributed by atoms with Gasteiger partial charge in [0.1, 0.15) is 0 Å². The van der Waals surface area contributed by atoms with E-state index in [9.17, 15) is 0 Å². The molecule has 2 unspecified atom stereocenters. The minimum Gasteiger partial charge on any atom is -0.316 e. The zero-order valence-corrected chi connectivity index (χ0v) is 7.69. The largest absolute Gasteiger partial charge is 0.316 e. The fraction of sp³-hybridized carbons (Fsp3) is 1.00. The number of hydrogen-bond acceptors (Lipinski definition) is 2. The third-order valence-electron chi connectivity index (χ3n) is 2.44. The molecule has 1 fully saturated rings. The molecule has 0 aliphatic carbocycles. The van der Waals surface area contributed by atoms with Crippen LogP contribution in [0, 0.1) is 5.92 Å². The van der Waals surface area contributed by atoms with E-state index in [1.54, 1.807) is 0 Å². The van der Waals surface area contributed by atoms with E-state index in [4.69, 9.17) is 0 Å². The Morgan fingerprint density at radius 3 is 3.00 bits per heavy atom. The van der Waals surface area contributed by atoms with Crippen molar-refractivity contribution >= 4 is 0 Å². The number of rotatable bonds is 3. The van der Waals surface area contributed by atoms with Crippen LogP contribution in [0.25, 0.3) is 0 Å². The van der Waals surface area contributed by atoms with Crippen LogP contribution in [-0.4, -0.2) is 25.7 Å². The monoisotopic (exact) mass is 156 g/mol. The van der Waals surface area contributed by atoms with Gasteiger partial charge in [0.25, 0.3) is 0 Å². The van der Waals surface area contributed by atoms with Gasteiger partial charge in [-0.2, -0.15) is 0 Å². The number of hydrogen-bond donors (Lipinski definition) is 2. The lowest BCUT2D eigenvalue weighted by Gasteiger charge is -2.30. The highest BCUT2D eigenvalue weighted by Crippen LogP contribution is 2.09. The van der Waals surface area contributed by atoms with E-state index in [0.29, 0.717) is 0 Å². The van der Waals surface area contributed by atoms with Crippen molar-refractivity contribution in [2.24, 2.45) is 5.92 Å². The molecule has 0 saturated carbocycles. The topological polar surface area (TPSA) is 24.1 Å². The van der Waals surface area contributed by atoms with Gasteiger partial charge in [-0.3, -0.25) is 0 Å².